The zero-order valence-electron chi connectivity index (χ0n) is 17.8. The van der Waals surface area contributed by atoms with Gasteiger partial charge in [-0.15, -0.1) is 0 Å². The summed E-state index contributed by atoms with van der Waals surface area (Å²) in [6.07, 6.45) is -0.0613. The predicted octanol–water partition coefficient (Wildman–Crippen LogP) is 3.41. The maximum Gasteiger partial charge on any atom is 0.490 e. The number of carbonyl (C=O) groups is 3. The second-order valence-corrected chi connectivity index (χ2v) is 8.11. The minimum Gasteiger partial charge on any atom is -0.475 e. The predicted molar refractivity (Wildman–Crippen MR) is 112 cm³/mol. The van der Waals surface area contributed by atoms with Crippen LogP contribution in [-0.2, 0) is 16.1 Å². The average molecular weight is 482 g/mol. The number of carboxylic acids is 1. The summed E-state index contributed by atoms with van der Waals surface area (Å²) in [4.78, 5) is 39.4. The third-order valence-electron chi connectivity index (χ3n) is 5.71. The molecule has 0 bridgehead atoms. The van der Waals surface area contributed by atoms with Crippen molar-refractivity contribution in [2.24, 2.45) is 11.3 Å². The number of nitrogens with zero attached hydrogens (tertiary/aromatic N) is 2. The fourth-order valence-electron chi connectivity index (χ4n) is 3.82. The third kappa shape index (κ3) is 6.42. The number of carboxylic acid groups (broad SMARTS) is 1. The number of likely N-dealkylation sites (tertiary alicyclic amines) is 1. The van der Waals surface area contributed by atoms with E-state index >= 15 is 0 Å². The van der Waals surface area contributed by atoms with Crippen LogP contribution in [0.1, 0.15) is 18.4 Å². The van der Waals surface area contributed by atoms with E-state index < -0.39 is 12.1 Å². The van der Waals surface area contributed by atoms with Crippen LogP contribution in [0.3, 0.4) is 0 Å². The molecule has 3 amide bonds. The van der Waals surface area contributed by atoms with E-state index in [1.807, 2.05) is 12.1 Å². The Kier molecular flexibility index (Phi) is 7.38. The molecule has 2 aliphatic rings. The Labute approximate surface area is 192 Å². The quantitative estimate of drug-likeness (QED) is 0.579. The highest BCUT2D eigenvalue weighted by atomic mass is 19.4. The van der Waals surface area contributed by atoms with E-state index in [2.05, 4.69) is 15.6 Å². The average Bonchev–Trinajstić information content (AvgIpc) is 3.31. The monoisotopic (exact) mass is 482 g/mol. The van der Waals surface area contributed by atoms with Crippen molar-refractivity contribution in [2.75, 3.05) is 18.4 Å². The topological polar surface area (TPSA) is 112 Å². The molecular formula is C22H22F4N4O4. The number of aromatic nitrogens is 1. The van der Waals surface area contributed by atoms with Gasteiger partial charge in [0.05, 0.1) is 0 Å². The fourth-order valence-corrected chi connectivity index (χ4v) is 3.82. The van der Waals surface area contributed by atoms with Gasteiger partial charge in [-0.05, 0) is 48.7 Å². The lowest BCUT2D eigenvalue weighted by molar-refractivity contribution is -0.192. The number of pyridine rings is 1. The van der Waals surface area contributed by atoms with Crippen LogP contribution in [0, 0.1) is 17.2 Å². The van der Waals surface area contributed by atoms with Crippen LogP contribution in [0.15, 0.2) is 48.8 Å². The lowest BCUT2D eigenvalue weighted by Gasteiger charge is -2.17. The Balaban J connectivity index is 0.000000406. The molecule has 2 aromatic rings. The summed E-state index contributed by atoms with van der Waals surface area (Å²) in [6, 6.07) is 9.32. The number of urea groups is 1. The molecule has 3 N–H and O–H groups in total. The van der Waals surface area contributed by atoms with Crippen LogP contribution >= 0.6 is 0 Å². The Bertz CT molecular complexity index is 1050. The Morgan fingerprint density at radius 1 is 1.18 bits per heavy atom. The van der Waals surface area contributed by atoms with Gasteiger partial charge in [-0.25, -0.2) is 14.0 Å². The van der Waals surface area contributed by atoms with Gasteiger partial charge >= 0.3 is 18.2 Å². The first-order valence-electron chi connectivity index (χ1n) is 10.3. The second kappa shape index (κ2) is 10.1. The van der Waals surface area contributed by atoms with Crippen molar-refractivity contribution < 1.29 is 37.1 Å². The van der Waals surface area contributed by atoms with E-state index in [-0.39, 0.29) is 29.1 Å². The summed E-state index contributed by atoms with van der Waals surface area (Å²) in [5.74, 6) is -3.16. The maximum absolute atomic E-state index is 13.3. The van der Waals surface area contributed by atoms with Crippen LogP contribution < -0.4 is 10.6 Å². The molecular weight excluding hydrogens is 460 g/mol. The highest BCUT2D eigenvalue weighted by Crippen LogP contribution is 2.58. The highest BCUT2D eigenvalue weighted by Gasteiger charge is 2.61. The van der Waals surface area contributed by atoms with Gasteiger partial charge in [0.15, 0.2) is 0 Å². The molecule has 1 saturated carbocycles. The zero-order valence-corrected chi connectivity index (χ0v) is 17.8. The van der Waals surface area contributed by atoms with Crippen LogP contribution in [0.4, 0.5) is 28.0 Å². The summed E-state index contributed by atoms with van der Waals surface area (Å²) in [5, 5.41) is 12.8. The van der Waals surface area contributed by atoms with Crippen molar-refractivity contribution in [1.29, 1.82) is 0 Å². The largest absolute Gasteiger partial charge is 0.490 e. The summed E-state index contributed by atoms with van der Waals surface area (Å²) >= 11 is 0. The van der Waals surface area contributed by atoms with Gasteiger partial charge in [-0.3, -0.25) is 9.78 Å². The van der Waals surface area contributed by atoms with E-state index in [0.29, 0.717) is 25.3 Å². The molecule has 2 heterocycles. The molecule has 2 atom stereocenters. The molecule has 4 rings (SSSR count). The number of benzene rings is 1. The molecule has 1 aromatic heterocycles. The number of rotatable bonds is 4. The van der Waals surface area contributed by atoms with E-state index in [4.69, 9.17) is 9.90 Å². The molecule has 1 spiro atoms. The molecule has 0 radical (unpaired) electrons. The van der Waals surface area contributed by atoms with Crippen molar-refractivity contribution in [1.82, 2.24) is 15.2 Å². The molecule has 34 heavy (non-hydrogen) atoms. The number of aliphatic carboxylic acids is 1. The van der Waals surface area contributed by atoms with Gasteiger partial charge in [-0.2, -0.15) is 13.2 Å². The molecule has 1 aliphatic heterocycles. The highest BCUT2D eigenvalue weighted by molar-refractivity contribution is 5.90. The lowest BCUT2D eigenvalue weighted by Crippen LogP contribution is -2.34. The first kappa shape index (κ1) is 24.9. The fraction of sp³-hybridized carbons (Fsp3) is 0.364. The van der Waals surface area contributed by atoms with Gasteiger partial charge in [-0.1, -0.05) is 6.07 Å². The molecule has 2 fully saturated rings. The molecule has 12 heteroatoms. The van der Waals surface area contributed by atoms with E-state index in [1.165, 1.54) is 12.1 Å². The Morgan fingerprint density at radius 2 is 1.85 bits per heavy atom. The number of hydrogen-bond donors (Lipinski definition) is 3. The molecule has 1 saturated heterocycles. The molecule has 182 valence electrons. The van der Waals surface area contributed by atoms with Crippen LogP contribution in [-0.4, -0.2) is 52.2 Å². The first-order chi connectivity index (χ1) is 16.0. The smallest absolute Gasteiger partial charge is 0.475 e. The maximum atomic E-state index is 13.3. The third-order valence-corrected chi connectivity index (χ3v) is 5.71. The van der Waals surface area contributed by atoms with E-state index in [1.54, 1.807) is 29.4 Å². The minimum absolute atomic E-state index is 0.0409. The number of hydrogen-bond acceptors (Lipinski definition) is 4. The van der Waals surface area contributed by atoms with Crippen molar-refractivity contribution in [3.8, 4) is 0 Å². The standard InChI is InChI=1S/C20H21FN4O2.C2HF3O2/c21-15-2-1-3-16(10-15)24-19(27)25-9-6-20(13-25)11-17(20)18(26)23-12-14-4-7-22-8-5-14;3-2(4,5)1(6)7/h1-5,7-8,10,17H,6,9,11-13H2,(H,23,26)(H,24,27);(H,6,7). The molecule has 8 nitrogen and oxygen atoms in total. The van der Waals surface area contributed by atoms with E-state index in [9.17, 15) is 27.2 Å². The van der Waals surface area contributed by atoms with Crippen molar-refractivity contribution in [3.63, 3.8) is 0 Å². The second-order valence-electron chi connectivity index (χ2n) is 8.11. The van der Waals surface area contributed by atoms with Gasteiger partial charge in [0.25, 0.3) is 0 Å². The Hall–Kier alpha value is -3.70. The van der Waals surface area contributed by atoms with Gasteiger partial charge in [0.1, 0.15) is 5.82 Å². The lowest BCUT2D eigenvalue weighted by atomic mass is 10.0. The van der Waals surface area contributed by atoms with Crippen molar-refractivity contribution in [3.05, 3.63) is 60.2 Å². The number of carbonyl (C=O) groups excluding carboxylic acids is 2. The summed E-state index contributed by atoms with van der Waals surface area (Å²) in [5.41, 5.74) is 1.33. The minimum atomic E-state index is -5.08. The summed E-state index contributed by atoms with van der Waals surface area (Å²) in [7, 11) is 0. The van der Waals surface area contributed by atoms with Crippen LogP contribution in [0.2, 0.25) is 0 Å². The molecule has 1 aliphatic carbocycles. The zero-order chi connectivity index (χ0) is 24.9. The SMILES string of the molecule is O=C(NCc1ccncc1)C1CC12CCN(C(=O)Nc1cccc(F)c1)C2.O=C(O)C(F)(F)F. The number of halogens is 4. The van der Waals surface area contributed by atoms with Gasteiger partial charge < -0.3 is 20.6 Å². The van der Waals surface area contributed by atoms with Crippen LogP contribution in [0.25, 0.3) is 0 Å². The molecule has 1 aromatic carbocycles. The summed E-state index contributed by atoms with van der Waals surface area (Å²) < 4.78 is 45.0. The molecule has 2 unspecified atom stereocenters. The van der Waals surface area contributed by atoms with Gasteiger partial charge in [0, 0.05) is 49.0 Å². The van der Waals surface area contributed by atoms with Crippen molar-refractivity contribution in [2.45, 2.75) is 25.6 Å². The number of alkyl halides is 3. The van der Waals surface area contributed by atoms with Crippen LogP contribution in [0.5, 0.6) is 0 Å². The van der Waals surface area contributed by atoms with E-state index in [0.717, 1.165) is 18.4 Å². The number of amides is 3. The Morgan fingerprint density at radius 3 is 2.47 bits per heavy atom. The summed E-state index contributed by atoms with van der Waals surface area (Å²) in [6.45, 7) is 1.65. The van der Waals surface area contributed by atoms with Gasteiger partial charge in [0.2, 0.25) is 5.91 Å². The first-order valence-corrected chi connectivity index (χ1v) is 10.3. The number of nitrogens with one attached hydrogen (secondary N) is 2. The normalized spacial score (nSPS) is 20.8. The van der Waals surface area contributed by atoms with Crippen molar-refractivity contribution >= 4 is 23.6 Å². The number of anilines is 1.